The number of nitrogens with zero attached hydrogens (tertiary/aromatic N) is 1. The van der Waals surface area contributed by atoms with E-state index in [-0.39, 0.29) is 5.91 Å². The van der Waals surface area contributed by atoms with Gasteiger partial charge in [-0.15, -0.1) is 0 Å². The first-order valence-corrected chi connectivity index (χ1v) is 10.9. The largest absolute Gasteiger partial charge is 0.481 e. The molecule has 1 heterocycles. The van der Waals surface area contributed by atoms with Gasteiger partial charge in [0.2, 0.25) is 0 Å². The number of hydrogen-bond acceptors (Lipinski definition) is 3. The van der Waals surface area contributed by atoms with Crippen LogP contribution in [-0.2, 0) is 9.59 Å². The van der Waals surface area contributed by atoms with Crippen molar-refractivity contribution in [3.63, 3.8) is 0 Å². The molecule has 0 aliphatic carbocycles. The summed E-state index contributed by atoms with van der Waals surface area (Å²) in [6.45, 7) is 4.46. The van der Waals surface area contributed by atoms with Crippen molar-refractivity contribution in [2.45, 2.75) is 110 Å². The summed E-state index contributed by atoms with van der Waals surface area (Å²) in [4.78, 5) is 23.3. The van der Waals surface area contributed by atoms with Crippen LogP contribution in [-0.4, -0.2) is 39.4 Å². The quantitative estimate of drug-likeness (QED) is 0.158. The minimum atomic E-state index is -0.948. The minimum Gasteiger partial charge on any atom is -0.481 e. The number of carboxylic acids is 1. The third-order valence-electron chi connectivity index (χ3n) is 5.66. The number of aliphatic carboxylic acids is 1. The van der Waals surface area contributed by atoms with Gasteiger partial charge in [-0.3, -0.25) is 4.79 Å². The van der Waals surface area contributed by atoms with Crippen LogP contribution in [0.25, 0.3) is 0 Å². The lowest BCUT2D eigenvalue weighted by atomic mass is 9.96. The van der Waals surface area contributed by atoms with Gasteiger partial charge in [0.05, 0.1) is 0 Å². The molecule has 2 N–H and O–H groups in total. The fourth-order valence-electron chi connectivity index (χ4n) is 3.99. The molecule has 0 saturated carbocycles. The molecule has 3 unspecified atom stereocenters. The number of quaternary nitrogens is 1. The fourth-order valence-corrected chi connectivity index (χ4v) is 3.99. The Kier molecular flexibility index (Phi) is 11.1. The third kappa shape index (κ3) is 7.36. The summed E-state index contributed by atoms with van der Waals surface area (Å²) >= 11 is 0. The first kappa shape index (κ1) is 23.1. The Morgan fingerprint density at radius 1 is 0.885 bits per heavy atom. The summed E-state index contributed by atoms with van der Waals surface area (Å²) in [5.74, 6) is -2.00. The van der Waals surface area contributed by atoms with Gasteiger partial charge in [0, 0.05) is 0 Å². The number of rotatable bonds is 17. The molecule has 5 nitrogen and oxygen atoms in total. The highest BCUT2D eigenvalue weighted by Gasteiger charge is 2.72. The molecule has 26 heavy (non-hydrogen) atoms. The normalized spacial score (nSPS) is 23.2. The van der Waals surface area contributed by atoms with Crippen LogP contribution in [0.15, 0.2) is 0 Å². The number of carboxylic acid groups (broad SMARTS) is 1. The predicted octanol–water partition coefficient (Wildman–Crippen LogP) is 5.30. The van der Waals surface area contributed by atoms with Crippen molar-refractivity contribution in [2.75, 3.05) is 6.54 Å². The van der Waals surface area contributed by atoms with E-state index in [0.717, 1.165) is 19.3 Å². The Hall–Kier alpha value is -0.940. The smallest absolute Gasteiger partial charge is 0.408 e. The molecule has 1 aliphatic rings. The highest BCUT2D eigenvalue weighted by atomic mass is 16.6. The number of unbranched alkanes of at least 4 members (excludes halogenated alkanes) is 11. The van der Waals surface area contributed by atoms with Crippen molar-refractivity contribution in [1.29, 1.82) is 0 Å². The number of carbonyl (C=O) groups is 2. The standard InChI is InChI=1S/C21H39NO4/c1-3-5-6-7-8-9-10-11-12-13-14-15-16-18(21(24)25)19-20(23)22(19,26)17-4-2/h18-19,26H,3-17H2,1-2H3/p+1. The average molecular weight is 371 g/mol. The highest BCUT2D eigenvalue weighted by Crippen LogP contribution is 2.38. The molecule has 1 saturated heterocycles. The van der Waals surface area contributed by atoms with Gasteiger partial charge in [-0.05, 0) is 12.8 Å². The maximum absolute atomic E-state index is 11.9. The first-order valence-electron chi connectivity index (χ1n) is 10.9. The number of carbonyl (C=O) groups excluding carboxylic acids is 1. The summed E-state index contributed by atoms with van der Waals surface area (Å²) in [7, 11) is 0. The Morgan fingerprint density at radius 3 is 1.77 bits per heavy atom. The molecule has 5 heteroatoms. The Bertz CT molecular complexity index is 426. The van der Waals surface area contributed by atoms with E-state index in [1.54, 1.807) is 0 Å². The summed E-state index contributed by atoms with van der Waals surface area (Å²) in [6, 6.07) is -0.736. The molecule has 0 aromatic carbocycles. The molecule has 152 valence electrons. The summed E-state index contributed by atoms with van der Waals surface area (Å²) < 4.78 is -0.661. The van der Waals surface area contributed by atoms with Crippen molar-refractivity contribution in [3.8, 4) is 0 Å². The van der Waals surface area contributed by atoms with Crippen molar-refractivity contribution >= 4 is 11.9 Å². The molecular weight excluding hydrogens is 330 g/mol. The number of hydroxylamine groups is 3. The molecule has 0 aromatic heterocycles. The van der Waals surface area contributed by atoms with Crippen molar-refractivity contribution < 1.29 is 24.5 Å². The first-order chi connectivity index (χ1) is 12.5. The topological polar surface area (TPSA) is 74.6 Å². The van der Waals surface area contributed by atoms with Crippen molar-refractivity contribution in [1.82, 2.24) is 0 Å². The maximum Gasteiger partial charge on any atom is 0.408 e. The molecule has 0 aromatic rings. The van der Waals surface area contributed by atoms with Gasteiger partial charge in [0.1, 0.15) is 12.5 Å². The molecule has 0 spiro atoms. The van der Waals surface area contributed by atoms with Gasteiger partial charge in [-0.2, -0.15) is 0 Å². The van der Waals surface area contributed by atoms with E-state index in [0.29, 0.717) is 19.4 Å². The van der Waals surface area contributed by atoms with Gasteiger partial charge < -0.3 is 5.11 Å². The van der Waals surface area contributed by atoms with Crippen LogP contribution in [0.3, 0.4) is 0 Å². The predicted molar refractivity (Wildman–Crippen MR) is 103 cm³/mol. The second kappa shape index (κ2) is 12.4. The minimum absolute atomic E-state index is 0.321. The van der Waals surface area contributed by atoms with E-state index >= 15 is 0 Å². The molecule has 0 bridgehead atoms. The SMILES string of the molecule is CCCCCCCCCCCCCCC(C(=O)O)C1C(=O)[N+]1(O)CCC. The van der Waals surface area contributed by atoms with E-state index < -0.39 is 22.6 Å². The third-order valence-corrected chi connectivity index (χ3v) is 5.66. The van der Waals surface area contributed by atoms with Crippen LogP contribution in [0.1, 0.15) is 104 Å². The van der Waals surface area contributed by atoms with E-state index in [4.69, 9.17) is 0 Å². The van der Waals surface area contributed by atoms with E-state index in [2.05, 4.69) is 6.92 Å². The monoisotopic (exact) mass is 370 g/mol. The molecular formula is C21H40NO4+. The number of hydrogen-bond donors (Lipinski definition) is 2. The van der Waals surface area contributed by atoms with Gasteiger partial charge in [-0.1, -0.05) is 95.5 Å². The van der Waals surface area contributed by atoms with Gasteiger partial charge >= 0.3 is 11.9 Å². The van der Waals surface area contributed by atoms with E-state index in [1.807, 2.05) is 6.92 Å². The molecule has 3 atom stereocenters. The summed E-state index contributed by atoms with van der Waals surface area (Å²) in [6.07, 6.45) is 16.0. The lowest BCUT2D eigenvalue weighted by Gasteiger charge is -2.11. The van der Waals surface area contributed by atoms with Gasteiger partial charge in [-0.25, -0.2) is 10.0 Å². The van der Waals surface area contributed by atoms with Crippen LogP contribution in [0.5, 0.6) is 0 Å². The average Bonchev–Trinajstić information content (AvgIpc) is 3.12. The van der Waals surface area contributed by atoms with Crippen LogP contribution < -0.4 is 0 Å². The van der Waals surface area contributed by atoms with E-state index in [9.17, 15) is 19.9 Å². The van der Waals surface area contributed by atoms with Crippen LogP contribution in [0.2, 0.25) is 0 Å². The van der Waals surface area contributed by atoms with Crippen LogP contribution in [0.4, 0.5) is 0 Å². The number of amides is 1. The molecule has 0 radical (unpaired) electrons. The Balaban J connectivity index is 2.07. The van der Waals surface area contributed by atoms with Crippen LogP contribution in [0, 0.1) is 5.92 Å². The zero-order valence-corrected chi connectivity index (χ0v) is 16.9. The molecule has 1 rings (SSSR count). The Morgan fingerprint density at radius 2 is 1.35 bits per heavy atom. The van der Waals surface area contributed by atoms with Gasteiger partial charge in [0.15, 0.2) is 0 Å². The van der Waals surface area contributed by atoms with Crippen molar-refractivity contribution in [2.24, 2.45) is 5.92 Å². The molecule has 1 amide bonds. The fraction of sp³-hybridized carbons (Fsp3) is 0.905. The lowest BCUT2D eigenvalue weighted by molar-refractivity contribution is -0.979. The Labute approximate surface area is 159 Å². The summed E-state index contributed by atoms with van der Waals surface area (Å²) in [5.41, 5.74) is 0. The maximum atomic E-state index is 11.9. The zero-order chi connectivity index (χ0) is 19.4. The lowest BCUT2D eigenvalue weighted by Crippen LogP contribution is -2.32. The van der Waals surface area contributed by atoms with Crippen LogP contribution >= 0.6 is 0 Å². The second-order valence-electron chi connectivity index (χ2n) is 7.96. The summed E-state index contributed by atoms with van der Waals surface area (Å²) in [5, 5.41) is 19.6. The van der Waals surface area contributed by atoms with Gasteiger partial charge in [0.25, 0.3) is 6.04 Å². The zero-order valence-electron chi connectivity index (χ0n) is 16.9. The molecule has 1 fully saturated rings. The van der Waals surface area contributed by atoms with E-state index in [1.165, 1.54) is 57.8 Å². The highest BCUT2D eigenvalue weighted by molar-refractivity contribution is 5.91. The van der Waals surface area contributed by atoms with Crippen molar-refractivity contribution in [3.05, 3.63) is 0 Å². The second-order valence-corrected chi connectivity index (χ2v) is 7.96. The molecule has 1 aliphatic heterocycles.